The standard InChI is InChI=1S/C10H8F4N4/c11-9-2-1-6(3-8(9)10(12,13)14)18-7(4-15)5-16-17-18/h1-3,5H,4,15H2. The van der Waals surface area contributed by atoms with E-state index >= 15 is 0 Å². The molecule has 0 aliphatic rings. The van der Waals surface area contributed by atoms with Gasteiger partial charge in [0, 0.05) is 6.54 Å². The number of rotatable bonds is 2. The van der Waals surface area contributed by atoms with Crippen LogP contribution >= 0.6 is 0 Å². The van der Waals surface area contributed by atoms with Crippen molar-refractivity contribution in [3.05, 3.63) is 41.5 Å². The molecular formula is C10H8F4N4. The summed E-state index contributed by atoms with van der Waals surface area (Å²) in [6.07, 6.45) is -3.43. The number of hydrogen-bond acceptors (Lipinski definition) is 3. The van der Waals surface area contributed by atoms with Crippen molar-refractivity contribution in [2.45, 2.75) is 12.7 Å². The highest BCUT2D eigenvalue weighted by atomic mass is 19.4. The Morgan fingerprint density at radius 2 is 2.00 bits per heavy atom. The number of hydrogen-bond donors (Lipinski definition) is 1. The van der Waals surface area contributed by atoms with Gasteiger partial charge in [0.15, 0.2) is 0 Å². The van der Waals surface area contributed by atoms with Crippen molar-refractivity contribution < 1.29 is 17.6 Å². The lowest BCUT2D eigenvalue weighted by molar-refractivity contribution is -0.140. The number of halogens is 4. The van der Waals surface area contributed by atoms with Crippen molar-refractivity contribution in [2.24, 2.45) is 5.73 Å². The van der Waals surface area contributed by atoms with E-state index in [1.807, 2.05) is 0 Å². The summed E-state index contributed by atoms with van der Waals surface area (Å²) in [5.41, 5.74) is 4.52. The molecule has 18 heavy (non-hydrogen) atoms. The van der Waals surface area contributed by atoms with E-state index in [2.05, 4.69) is 10.3 Å². The maximum absolute atomic E-state index is 13.1. The monoisotopic (exact) mass is 260 g/mol. The number of nitrogens with two attached hydrogens (primary N) is 1. The maximum atomic E-state index is 13.1. The van der Waals surface area contributed by atoms with Gasteiger partial charge in [-0.15, -0.1) is 5.10 Å². The number of alkyl halides is 3. The van der Waals surface area contributed by atoms with Crippen LogP contribution in [0.2, 0.25) is 0 Å². The van der Waals surface area contributed by atoms with Crippen LogP contribution in [-0.2, 0) is 12.7 Å². The fourth-order valence-corrected chi connectivity index (χ4v) is 1.48. The van der Waals surface area contributed by atoms with Crippen LogP contribution in [0.25, 0.3) is 5.69 Å². The summed E-state index contributed by atoms with van der Waals surface area (Å²) in [4.78, 5) is 0. The molecule has 8 heteroatoms. The van der Waals surface area contributed by atoms with Crippen molar-refractivity contribution >= 4 is 0 Å². The van der Waals surface area contributed by atoms with E-state index in [1.54, 1.807) is 0 Å². The van der Waals surface area contributed by atoms with E-state index in [1.165, 1.54) is 12.3 Å². The third kappa shape index (κ3) is 2.19. The molecule has 0 unspecified atom stereocenters. The molecule has 0 amide bonds. The third-order valence-electron chi connectivity index (χ3n) is 2.33. The summed E-state index contributed by atoms with van der Waals surface area (Å²) in [6.45, 7) is 0.0612. The van der Waals surface area contributed by atoms with Crippen LogP contribution in [0, 0.1) is 5.82 Å². The van der Waals surface area contributed by atoms with Gasteiger partial charge in [-0.2, -0.15) is 13.2 Å². The Labute approximate surface area is 99.0 Å². The predicted octanol–water partition coefficient (Wildman–Crippen LogP) is 1.88. The topological polar surface area (TPSA) is 56.7 Å². The molecule has 0 saturated carbocycles. The van der Waals surface area contributed by atoms with Gasteiger partial charge >= 0.3 is 6.18 Å². The van der Waals surface area contributed by atoms with Crippen LogP contribution < -0.4 is 5.73 Å². The van der Waals surface area contributed by atoms with Gasteiger partial charge in [0.25, 0.3) is 0 Å². The van der Waals surface area contributed by atoms with Crippen molar-refractivity contribution in [2.75, 3.05) is 0 Å². The molecule has 0 fully saturated rings. The molecule has 2 rings (SSSR count). The minimum atomic E-state index is -4.76. The Morgan fingerprint density at radius 1 is 1.28 bits per heavy atom. The molecule has 0 aliphatic carbocycles. The van der Waals surface area contributed by atoms with Gasteiger partial charge < -0.3 is 5.73 Å². The van der Waals surface area contributed by atoms with E-state index in [4.69, 9.17) is 5.73 Å². The minimum absolute atomic E-state index is 0.0571. The lowest BCUT2D eigenvalue weighted by Gasteiger charge is -2.10. The van der Waals surface area contributed by atoms with Crippen LogP contribution in [0.5, 0.6) is 0 Å². The van der Waals surface area contributed by atoms with Crippen molar-refractivity contribution in [1.29, 1.82) is 0 Å². The van der Waals surface area contributed by atoms with Gasteiger partial charge in [0.2, 0.25) is 0 Å². The van der Waals surface area contributed by atoms with Gasteiger partial charge in [0.05, 0.1) is 23.1 Å². The molecule has 1 aromatic carbocycles. The van der Waals surface area contributed by atoms with Gasteiger partial charge in [-0.3, -0.25) is 0 Å². The second-order valence-corrected chi connectivity index (χ2v) is 3.50. The third-order valence-corrected chi connectivity index (χ3v) is 2.33. The van der Waals surface area contributed by atoms with Crippen LogP contribution in [0.1, 0.15) is 11.3 Å². The molecule has 4 nitrogen and oxygen atoms in total. The summed E-state index contributed by atoms with van der Waals surface area (Å²) in [6, 6.07) is 2.59. The zero-order valence-electron chi connectivity index (χ0n) is 8.95. The average molecular weight is 260 g/mol. The first-order chi connectivity index (χ1) is 8.43. The molecule has 0 bridgehead atoms. The average Bonchev–Trinajstić information content (AvgIpc) is 2.76. The normalized spacial score (nSPS) is 11.8. The molecule has 2 N–H and O–H groups in total. The number of aromatic nitrogens is 3. The lowest BCUT2D eigenvalue weighted by atomic mass is 10.2. The first-order valence-corrected chi connectivity index (χ1v) is 4.90. The maximum Gasteiger partial charge on any atom is 0.419 e. The highest BCUT2D eigenvalue weighted by Crippen LogP contribution is 2.32. The first kappa shape index (κ1) is 12.5. The van der Waals surface area contributed by atoms with Gasteiger partial charge in [-0.05, 0) is 18.2 Å². The molecule has 0 saturated heterocycles. The minimum Gasteiger partial charge on any atom is -0.325 e. The van der Waals surface area contributed by atoms with Gasteiger partial charge in [-0.25, -0.2) is 9.07 Å². The number of benzene rings is 1. The Balaban J connectivity index is 2.54. The van der Waals surface area contributed by atoms with Crippen LogP contribution in [-0.4, -0.2) is 15.0 Å². The van der Waals surface area contributed by atoms with Gasteiger partial charge in [-0.1, -0.05) is 5.21 Å². The summed E-state index contributed by atoms with van der Waals surface area (Å²) in [7, 11) is 0. The van der Waals surface area contributed by atoms with Crippen LogP contribution in [0.4, 0.5) is 17.6 Å². The molecule has 0 atom stereocenters. The van der Waals surface area contributed by atoms with Crippen molar-refractivity contribution in [3.8, 4) is 5.69 Å². The fraction of sp³-hybridized carbons (Fsp3) is 0.200. The molecular weight excluding hydrogens is 252 g/mol. The zero-order chi connectivity index (χ0) is 13.3. The molecule has 1 heterocycles. The van der Waals surface area contributed by atoms with Crippen LogP contribution in [0.15, 0.2) is 24.4 Å². The second kappa shape index (κ2) is 4.37. The van der Waals surface area contributed by atoms with Crippen molar-refractivity contribution in [1.82, 2.24) is 15.0 Å². The Morgan fingerprint density at radius 3 is 2.61 bits per heavy atom. The van der Waals surface area contributed by atoms with Crippen LogP contribution in [0.3, 0.4) is 0 Å². The van der Waals surface area contributed by atoms with E-state index in [9.17, 15) is 17.6 Å². The number of nitrogens with zero attached hydrogens (tertiary/aromatic N) is 3. The SMILES string of the molecule is NCc1cnnn1-c1ccc(F)c(C(F)(F)F)c1. The van der Waals surface area contributed by atoms with Crippen molar-refractivity contribution in [3.63, 3.8) is 0 Å². The fourth-order valence-electron chi connectivity index (χ4n) is 1.48. The molecule has 96 valence electrons. The Kier molecular flexibility index (Phi) is 3.04. The highest BCUT2D eigenvalue weighted by molar-refractivity contribution is 5.38. The molecule has 0 radical (unpaired) electrons. The molecule has 0 aliphatic heterocycles. The van der Waals surface area contributed by atoms with E-state index < -0.39 is 17.6 Å². The van der Waals surface area contributed by atoms with E-state index in [0.717, 1.165) is 10.7 Å². The summed E-state index contributed by atoms with van der Waals surface area (Å²) >= 11 is 0. The van der Waals surface area contributed by atoms with E-state index in [0.29, 0.717) is 11.8 Å². The Hall–Kier alpha value is -1.96. The molecule has 1 aromatic heterocycles. The largest absolute Gasteiger partial charge is 0.419 e. The predicted molar refractivity (Wildman–Crippen MR) is 54.2 cm³/mol. The summed E-state index contributed by atoms with van der Waals surface area (Å²) in [5, 5.41) is 7.15. The highest BCUT2D eigenvalue weighted by Gasteiger charge is 2.34. The second-order valence-electron chi connectivity index (χ2n) is 3.50. The Bertz CT molecular complexity index is 561. The molecule has 2 aromatic rings. The van der Waals surface area contributed by atoms with E-state index in [-0.39, 0.29) is 12.2 Å². The summed E-state index contributed by atoms with van der Waals surface area (Å²) in [5.74, 6) is -1.33. The van der Waals surface area contributed by atoms with Gasteiger partial charge in [0.1, 0.15) is 5.82 Å². The zero-order valence-corrected chi connectivity index (χ0v) is 8.95. The summed E-state index contributed by atoms with van der Waals surface area (Å²) < 4.78 is 51.9. The molecule has 0 spiro atoms. The quantitative estimate of drug-likeness (QED) is 0.839. The smallest absolute Gasteiger partial charge is 0.325 e. The first-order valence-electron chi connectivity index (χ1n) is 4.90. The lowest BCUT2D eigenvalue weighted by Crippen LogP contribution is -2.11.